The molecule has 144 valence electrons. The lowest BCUT2D eigenvalue weighted by atomic mass is 10.2. The molecule has 3 aromatic heterocycles. The van der Waals surface area contributed by atoms with Crippen LogP contribution in [0.3, 0.4) is 0 Å². The summed E-state index contributed by atoms with van der Waals surface area (Å²) in [7, 11) is 1.62. The van der Waals surface area contributed by atoms with Gasteiger partial charge in [0.15, 0.2) is 11.2 Å². The summed E-state index contributed by atoms with van der Waals surface area (Å²) in [6.07, 6.45) is 1.53. The molecule has 7 nitrogen and oxygen atoms in total. The minimum absolute atomic E-state index is 0.140. The van der Waals surface area contributed by atoms with Crippen LogP contribution in [-0.4, -0.2) is 23.1 Å². The van der Waals surface area contributed by atoms with Crippen molar-refractivity contribution in [1.82, 2.24) is 23.1 Å². The van der Waals surface area contributed by atoms with Crippen LogP contribution < -0.4 is 11.2 Å². The van der Waals surface area contributed by atoms with Crippen molar-refractivity contribution in [3.8, 4) is 5.69 Å². The van der Waals surface area contributed by atoms with Gasteiger partial charge in [0, 0.05) is 30.0 Å². The number of aromatic nitrogens is 5. The zero-order valence-corrected chi connectivity index (χ0v) is 16.9. The Morgan fingerprint density at radius 2 is 1.89 bits per heavy atom. The number of imidazole rings is 2. The smallest absolute Gasteiger partial charge is 0.283 e. The maximum atomic E-state index is 13.1. The zero-order chi connectivity index (χ0) is 20.3. The van der Waals surface area contributed by atoms with E-state index in [-0.39, 0.29) is 12.1 Å². The van der Waals surface area contributed by atoms with Gasteiger partial charge >= 0.3 is 5.69 Å². The molecule has 0 saturated heterocycles. The molecule has 0 aliphatic rings. The standard InChI is InChI=1S/C20H20ClN5O2/c1-6-9-24-18(27)16-17(23(5)20(24)28)22-19-25(12(3)13(4)26(16)19)14-8-7-11(2)15(21)10-14/h6-8,10H,1,9H2,2-5H3. The van der Waals surface area contributed by atoms with Crippen LogP contribution >= 0.6 is 11.6 Å². The molecule has 8 heteroatoms. The number of rotatable bonds is 3. The number of nitrogens with zero attached hydrogens (tertiary/aromatic N) is 5. The maximum absolute atomic E-state index is 13.1. The van der Waals surface area contributed by atoms with Crippen molar-refractivity contribution in [1.29, 1.82) is 0 Å². The lowest BCUT2D eigenvalue weighted by Crippen LogP contribution is -2.39. The normalized spacial score (nSPS) is 11.6. The molecule has 4 rings (SSSR count). The van der Waals surface area contributed by atoms with E-state index in [1.54, 1.807) is 11.4 Å². The molecule has 4 aromatic rings. The largest absolute Gasteiger partial charge is 0.332 e. The second-order valence-corrected chi connectivity index (χ2v) is 7.31. The lowest BCUT2D eigenvalue weighted by Gasteiger charge is -2.08. The fourth-order valence-corrected chi connectivity index (χ4v) is 3.75. The van der Waals surface area contributed by atoms with Crippen molar-refractivity contribution < 1.29 is 0 Å². The highest BCUT2D eigenvalue weighted by Gasteiger charge is 2.23. The van der Waals surface area contributed by atoms with Crippen LogP contribution in [0.25, 0.3) is 22.6 Å². The first-order valence-electron chi connectivity index (χ1n) is 8.85. The number of benzene rings is 1. The lowest BCUT2D eigenvalue weighted by molar-refractivity contribution is 0.667. The Balaban J connectivity index is 2.20. The molecule has 3 heterocycles. The van der Waals surface area contributed by atoms with Gasteiger partial charge in [-0.05, 0) is 38.5 Å². The van der Waals surface area contributed by atoms with Gasteiger partial charge < -0.3 is 0 Å². The first-order chi connectivity index (χ1) is 13.3. The summed E-state index contributed by atoms with van der Waals surface area (Å²) in [4.78, 5) is 30.3. The molecular weight excluding hydrogens is 378 g/mol. The molecule has 0 N–H and O–H groups in total. The molecule has 0 aliphatic heterocycles. The van der Waals surface area contributed by atoms with Crippen LogP contribution in [0.15, 0.2) is 40.4 Å². The van der Waals surface area contributed by atoms with Crippen molar-refractivity contribution in [2.75, 3.05) is 0 Å². The molecular formula is C20H20ClN5O2. The average Bonchev–Trinajstić information content (AvgIpc) is 3.16. The number of fused-ring (bicyclic) bond motifs is 3. The predicted octanol–water partition coefficient (Wildman–Crippen LogP) is 2.90. The maximum Gasteiger partial charge on any atom is 0.332 e. The number of allylic oxidation sites excluding steroid dienone is 1. The van der Waals surface area contributed by atoms with Crippen LogP contribution in [0.1, 0.15) is 17.0 Å². The van der Waals surface area contributed by atoms with E-state index in [2.05, 4.69) is 11.6 Å². The summed E-state index contributed by atoms with van der Waals surface area (Å²) in [5.74, 6) is 0.563. The molecule has 0 saturated carbocycles. The van der Waals surface area contributed by atoms with Gasteiger partial charge in [-0.25, -0.2) is 4.79 Å². The number of hydrogen-bond donors (Lipinski definition) is 0. The van der Waals surface area contributed by atoms with E-state index in [1.807, 2.05) is 43.5 Å². The summed E-state index contributed by atoms with van der Waals surface area (Å²) in [5, 5.41) is 0.651. The SMILES string of the molecule is C=CCn1c(=O)c2c(nc3n(-c4ccc(C)c(Cl)c4)c(C)c(C)n23)n(C)c1=O. The quantitative estimate of drug-likeness (QED) is 0.499. The highest BCUT2D eigenvalue weighted by molar-refractivity contribution is 6.31. The Kier molecular flexibility index (Phi) is 4.08. The third-order valence-electron chi connectivity index (χ3n) is 5.24. The Hall–Kier alpha value is -3.06. The fourth-order valence-electron chi connectivity index (χ4n) is 3.57. The second-order valence-electron chi connectivity index (χ2n) is 6.91. The zero-order valence-electron chi connectivity index (χ0n) is 16.2. The van der Waals surface area contributed by atoms with E-state index in [9.17, 15) is 9.59 Å². The predicted molar refractivity (Wildman–Crippen MR) is 111 cm³/mol. The Morgan fingerprint density at radius 1 is 1.18 bits per heavy atom. The van der Waals surface area contributed by atoms with E-state index in [0.717, 1.165) is 27.2 Å². The number of aryl methyl sites for hydroxylation is 3. The number of halogens is 1. The molecule has 0 radical (unpaired) electrons. The minimum atomic E-state index is -0.419. The first-order valence-corrected chi connectivity index (χ1v) is 9.23. The Labute approximate surface area is 165 Å². The van der Waals surface area contributed by atoms with Crippen molar-refractivity contribution >= 4 is 28.5 Å². The van der Waals surface area contributed by atoms with Crippen LogP contribution in [0.4, 0.5) is 0 Å². The molecule has 0 bridgehead atoms. The first kappa shape index (κ1) is 18.3. The Morgan fingerprint density at radius 3 is 2.54 bits per heavy atom. The van der Waals surface area contributed by atoms with Gasteiger partial charge in [0.2, 0.25) is 5.78 Å². The van der Waals surface area contributed by atoms with Crippen LogP contribution in [0.5, 0.6) is 0 Å². The minimum Gasteiger partial charge on any atom is -0.283 e. The fraction of sp³-hybridized carbons (Fsp3) is 0.250. The van der Waals surface area contributed by atoms with Crippen LogP contribution in [-0.2, 0) is 13.6 Å². The van der Waals surface area contributed by atoms with Gasteiger partial charge in [-0.15, -0.1) is 6.58 Å². The third kappa shape index (κ3) is 2.32. The van der Waals surface area contributed by atoms with Gasteiger partial charge in [0.05, 0.1) is 5.69 Å². The summed E-state index contributed by atoms with van der Waals surface area (Å²) in [6.45, 7) is 9.62. The molecule has 0 aliphatic carbocycles. The highest BCUT2D eigenvalue weighted by Crippen LogP contribution is 2.27. The summed E-state index contributed by atoms with van der Waals surface area (Å²) >= 11 is 6.33. The van der Waals surface area contributed by atoms with Crippen molar-refractivity contribution in [2.45, 2.75) is 27.3 Å². The van der Waals surface area contributed by atoms with Crippen LogP contribution in [0, 0.1) is 20.8 Å². The van der Waals surface area contributed by atoms with E-state index < -0.39 is 5.69 Å². The van der Waals surface area contributed by atoms with Gasteiger partial charge in [-0.3, -0.25) is 22.9 Å². The highest BCUT2D eigenvalue weighted by atomic mass is 35.5. The molecule has 0 atom stereocenters. The van der Waals surface area contributed by atoms with E-state index in [0.29, 0.717) is 22.0 Å². The summed E-state index contributed by atoms with van der Waals surface area (Å²) in [6, 6.07) is 5.78. The topological polar surface area (TPSA) is 66.2 Å². The van der Waals surface area contributed by atoms with Gasteiger partial charge in [0.25, 0.3) is 5.56 Å². The van der Waals surface area contributed by atoms with E-state index in [1.165, 1.54) is 10.6 Å². The van der Waals surface area contributed by atoms with Crippen molar-refractivity contribution in [2.24, 2.45) is 7.05 Å². The van der Waals surface area contributed by atoms with Gasteiger partial charge in [-0.2, -0.15) is 4.98 Å². The van der Waals surface area contributed by atoms with Crippen LogP contribution in [0.2, 0.25) is 5.02 Å². The molecule has 28 heavy (non-hydrogen) atoms. The molecule has 0 unspecified atom stereocenters. The van der Waals surface area contributed by atoms with Gasteiger partial charge in [0.1, 0.15) is 0 Å². The molecule has 0 amide bonds. The van der Waals surface area contributed by atoms with E-state index >= 15 is 0 Å². The van der Waals surface area contributed by atoms with Crippen molar-refractivity contribution in [3.63, 3.8) is 0 Å². The van der Waals surface area contributed by atoms with Crippen molar-refractivity contribution in [3.05, 3.63) is 73.7 Å². The second kappa shape index (κ2) is 6.24. The monoisotopic (exact) mass is 397 g/mol. The van der Waals surface area contributed by atoms with E-state index in [4.69, 9.17) is 11.6 Å². The summed E-state index contributed by atoms with van der Waals surface area (Å²) in [5.41, 5.74) is 3.55. The molecule has 1 aromatic carbocycles. The molecule has 0 spiro atoms. The number of hydrogen-bond acceptors (Lipinski definition) is 3. The van der Waals surface area contributed by atoms with Gasteiger partial charge in [-0.1, -0.05) is 23.7 Å². The molecule has 0 fully saturated rings. The average molecular weight is 398 g/mol. The Bertz CT molecular complexity index is 1400. The third-order valence-corrected chi connectivity index (χ3v) is 5.65. The summed E-state index contributed by atoms with van der Waals surface area (Å²) < 4.78 is 6.31.